The quantitative estimate of drug-likeness (QED) is 0.180. The van der Waals surface area contributed by atoms with Crippen LogP contribution in [0, 0.1) is 0 Å². The van der Waals surface area contributed by atoms with Gasteiger partial charge in [0, 0.05) is 43.3 Å². The molecular formula is C34H34ClF3N2O. The number of halogens is 4. The minimum absolute atomic E-state index is 0.0371. The van der Waals surface area contributed by atoms with Gasteiger partial charge in [0.1, 0.15) is 5.75 Å². The molecular weight excluding hydrogens is 545 g/mol. The monoisotopic (exact) mass is 578 g/mol. The maximum absolute atomic E-state index is 13.6. The summed E-state index contributed by atoms with van der Waals surface area (Å²) in [5.74, 6) is 0.934. The average molecular weight is 579 g/mol. The lowest BCUT2D eigenvalue weighted by molar-refractivity contribution is -0.137. The van der Waals surface area contributed by atoms with Crippen molar-refractivity contribution in [2.45, 2.75) is 37.9 Å². The van der Waals surface area contributed by atoms with Gasteiger partial charge in [-0.05, 0) is 54.2 Å². The van der Waals surface area contributed by atoms with Crippen molar-refractivity contribution in [2.24, 2.45) is 0 Å². The fourth-order valence-electron chi connectivity index (χ4n) is 5.51. The number of hydrogen-bond donors (Lipinski definition) is 1. The van der Waals surface area contributed by atoms with E-state index in [1.807, 2.05) is 48.5 Å². The van der Waals surface area contributed by atoms with E-state index in [0.29, 0.717) is 38.2 Å². The summed E-state index contributed by atoms with van der Waals surface area (Å²) in [6, 6.07) is 30.7. The number of anilines is 1. The highest BCUT2D eigenvalue weighted by atomic mass is 35.5. The number of benzene rings is 4. The number of nitrogens with zero attached hydrogens (tertiary/aromatic N) is 1. The first-order chi connectivity index (χ1) is 19.9. The molecule has 0 atom stereocenters. The van der Waals surface area contributed by atoms with Crippen molar-refractivity contribution >= 4 is 17.3 Å². The third-order valence-electron chi connectivity index (χ3n) is 7.55. The number of rotatable bonds is 11. The molecule has 5 rings (SSSR count). The normalized spacial score (nSPS) is 13.2. The van der Waals surface area contributed by atoms with Crippen LogP contribution in [0.2, 0.25) is 5.02 Å². The van der Waals surface area contributed by atoms with Crippen molar-refractivity contribution in [3.63, 3.8) is 0 Å². The number of nitrogens with one attached hydrogen (secondary N) is 1. The van der Waals surface area contributed by atoms with Crippen molar-refractivity contribution in [1.29, 1.82) is 0 Å². The molecule has 0 fully saturated rings. The largest absolute Gasteiger partial charge is 0.493 e. The number of hydrogen-bond acceptors (Lipinski definition) is 3. The number of alkyl halides is 3. The zero-order valence-electron chi connectivity index (χ0n) is 22.8. The van der Waals surface area contributed by atoms with Crippen molar-refractivity contribution in [2.75, 3.05) is 31.6 Å². The fourth-order valence-corrected chi connectivity index (χ4v) is 5.80. The lowest BCUT2D eigenvalue weighted by Gasteiger charge is -2.29. The standard InChI is InChI=1S/C34H34ClF3N2O/c35-33-27(15-7-17-30(33)34(36,37)38)23-40(21-10-22-41-32-19-8-18-31-28(32)16-9-20-39-31)24-29(25-11-3-1-4-12-25)26-13-5-2-6-14-26/h1-8,11-15,17-19,29,39H,9-10,16,20-24H2. The molecule has 3 nitrogen and oxygen atoms in total. The maximum Gasteiger partial charge on any atom is 0.417 e. The molecule has 0 saturated heterocycles. The summed E-state index contributed by atoms with van der Waals surface area (Å²) in [6.45, 7) is 3.02. The minimum Gasteiger partial charge on any atom is -0.493 e. The molecule has 0 aliphatic carbocycles. The first-order valence-electron chi connectivity index (χ1n) is 14.1. The van der Waals surface area contributed by atoms with Gasteiger partial charge >= 0.3 is 6.18 Å². The van der Waals surface area contributed by atoms with Crippen molar-refractivity contribution in [3.8, 4) is 5.75 Å². The van der Waals surface area contributed by atoms with E-state index in [1.165, 1.54) is 11.6 Å². The van der Waals surface area contributed by atoms with E-state index in [1.54, 1.807) is 6.07 Å². The van der Waals surface area contributed by atoms with Gasteiger partial charge in [0.2, 0.25) is 0 Å². The first kappa shape index (κ1) is 29.0. The molecule has 1 aliphatic heterocycles. The Hall–Kier alpha value is -3.48. The molecule has 41 heavy (non-hydrogen) atoms. The summed E-state index contributed by atoms with van der Waals surface area (Å²) in [4.78, 5) is 2.19. The van der Waals surface area contributed by atoms with Gasteiger partial charge in [-0.1, -0.05) is 90.5 Å². The van der Waals surface area contributed by atoms with Gasteiger partial charge in [0.25, 0.3) is 0 Å². The topological polar surface area (TPSA) is 24.5 Å². The van der Waals surface area contributed by atoms with Gasteiger partial charge in [0.15, 0.2) is 0 Å². The van der Waals surface area contributed by atoms with Gasteiger partial charge < -0.3 is 10.1 Å². The molecule has 1 aliphatic rings. The van der Waals surface area contributed by atoms with Crippen LogP contribution in [0.5, 0.6) is 5.75 Å². The second-order valence-corrected chi connectivity index (χ2v) is 10.8. The smallest absolute Gasteiger partial charge is 0.417 e. The lowest BCUT2D eigenvalue weighted by atomic mass is 9.90. The molecule has 0 saturated carbocycles. The van der Waals surface area contributed by atoms with Gasteiger partial charge in [-0.25, -0.2) is 0 Å². The van der Waals surface area contributed by atoms with Crippen molar-refractivity contribution in [3.05, 3.63) is 130 Å². The van der Waals surface area contributed by atoms with Crippen LogP contribution < -0.4 is 10.1 Å². The Morgan fingerprint density at radius 2 is 1.54 bits per heavy atom. The lowest BCUT2D eigenvalue weighted by Crippen LogP contribution is -2.31. The molecule has 7 heteroatoms. The predicted molar refractivity (Wildman–Crippen MR) is 160 cm³/mol. The zero-order chi connectivity index (χ0) is 28.7. The average Bonchev–Trinajstić information content (AvgIpc) is 2.99. The van der Waals surface area contributed by atoms with E-state index >= 15 is 0 Å². The van der Waals surface area contributed by atoms with Gasteiger partial charge in [-0.15, -0.1) is 0 Å². The van der Waals surface area contributed by atoms with E-state index in [2.05, 4.69) is 40.5 Å². The van der Waals surface area contributed by atoms with E-state index in [4.69, 9.17) is 16.3 Å². The summed E-state index contributed by atoms with van der Waals surface area (Å²) in [6.07, 6.45) is -1.75. The highest BCUT2D eigenvalue weighted by Crippen LogP contribution is 2.37. The zero-order valence-corrected chi connectivity index (χ0v) is 23.6. The molecule has 0 spiro atoms. The Labute approximate surface area is 244 Å². The number of fused-ring (bicyclic) bond motifs is 1. The third-order valence-corrected chi connectivity index (χ3v) is 8.00. The van der Waals surface area contributed by atoms with Crippen LogP contribution in [0.25, 0.3) is 0 Å². The minimum atomic E-state index is -4.51. The van der Waals surface area contributed by atoms with Crippen LogP contribution >= 0.6 is 11.6 Å². The Balaban J connectivity index is 1.36. The summed E-state index contributed by atoms with van der Waals surface area (Å²) < 4.78 is 47.1. The van der Waals surface area contributed by atoms with E-state index in [-0.39, 0.29) is 10.9 Å². The van der Waals surface area contributed by atoms with Crippen molar-refractivity contribution < 1.29 is 17.9 Å². The maximum atomic E-state index is 13.6. The van der Waals surface area contributed by atoms with Crippen LogP contribution in [0.4, 0.5) is 18.9 Å². The highest BCUT2D eigenvalue weighted by Gasteiger charge is 2.34. The molecule has 0 amide bonds. The molecule has 1 N–H and O–H groups in total. The van der Waals surface area contributed by atoms with Crippen LogP contribution in [-0.4, -0.2) is 31.1 Å². The van der Waals surface area contributed by atoms with Gasteiger partial charge in [0.05, 0.1) is 17.2 Å². The van der Waals surface area contributed by atoms with Crippen LogP contribution in [-0.2, 0) is 19.1 Å². The molecule has 4 aromatic rings. The second-order valence-electron chi connectivity index (χ2n) is 10.4. The predicted octanol–water partition coefficient (Wildman–Crippen LogP) is 8.82. The fraction of sp³-hybridized carbons (Fsp3) is 0.294. The Kier molecular flexibility index (Phi) is 9.53. The molecule has 0 bridgehead atoms. The SMILES string of the molecule is FC(F)(F)c1cccc(CN(CCCOc2cccc3c2CCCN3)CC(c2ccccc2)c2ccccc2)c1Cl. The number of ether oxygens (including phenoxy) is 1. The summed E-state index contributed by atoms with van der Waals surface area (Å²) in [5.41, 5.74) is 4.30. The van der Waals surface area contributed by atoms with Gasteiger partial charge in [-0.2, -0.15) is 13.2 Å². The molecule has 0 aromatic heterocycles. The van der Waals surface area contributed by atoms with Crippen LogP contribution in [0.3, 0.4) is 0 Å². The summed E-state index contributed by atoms with van der Waals surface area (Å²) in [7, 11) is 0. The van der Waals surface area contributed by atoms with Gasteiger partial charge in [-0.3, -0.25) is 4.90 Å². The second kappa shape index (κ2) is 13.5. The van der Waals surface area contributed by atoms with Crippen LogP contribution in [0.1, 0.15) is 46.6 Å². The van der Waals surface area contributed by atoms with Crippen molar-refractivity contribution in [1.82, 2.24) is 4.90 Å². The van der Waals surface area contributed by atoms with Crippen LogP contribution in [0.15, 0.2) is 97.1 Å². The molecule has 0 unspecified atom stereocenters. The molecule has 214 valence electrons. The molecule has 1 heterocycles. The highest BCUT2D eigenvalue weighted by molar-refractivity contribution is 6.32. The Bertz CT molecular complexity index is 1370. The van der Waals surface area contributed by atoms with E-state index < -0.39 is 11.7 Å². The molecule has 0 radical (unpaired) electrons. The summed E-state index contributed by atoms with van der Waals surface area (Å²) >= 11 is 6.34. The Morgan fingerprint density at radius 1 is 0.854 bits per heavy atom. The van der Waals surface area contributed by atoms with E-state index in [0.717, 1.165) is 48.0 Å². The third kappa shape index (κ3) is 7.43. The Morgan fingerprint density at radius 3 is 2.22 bits per heavy atom. The van der Waals surface area contributed by atoms with E-state index in [9.17, 15) is 13.2 Å². The molecule has 4 aromatic carbocycles. The first-order valence-corrected chi connectivity index (χ1v) is 14.4. The summed E-state index contributed by atoms with van der Waals surface area (Å²) in [5, 5.41) is 3.20.